The Balaban J connectivity index is 1.72. The number of β-amino-alcohol motifs (C(OH)–C–C–N with tert-alkyl or cyclic N) is 1. The third-order valence-electron chi connectivity index (χ3n) is 3.74. The normalized spacial score (nSPS) is 16.9. The summed E-state index contributed by atoms with van der Waals surface area (Å²) in [6, 6.07) is 5.83. The number of likely N-dealkylation sites (tertiary alicyclic amines) is 1. The topological polar surface area (TPSA) is 49.8 Å². The average molecular weight is 281 g/mol. The summed E-state index contributed by atoms with van der Waals surface area (Å²) in [5.41, 5.74) is -0.751. The molecule has 1 heterocycles. The van der Waals surface area contributed by atoms with Crippen LogP contribution in [0, 0.1) is 11.7 Å². The molecular formula is C15H20FNO3. The third kappa shape index (κ3) is 3.28. The van der Waals surface area contributed by atoms with Crippen molar-refractivity contribution in [1.29, 1.82) is 0 Å². The van der Waals surface area contributed by atoms with Crippen LogP contribution in [0.4, 0.5) is 4.39 Å². The molecule has 1 fully saturated rings. The number of benzene rings is 1. The highest BCUT2D eigenvalue weighted by atomic mass is 19.1. The van der Waals surface area contributed by atoms with E-state index < -0.39 is 5.60 Å². The fourth-order valence-electron chi connectivity index (χ4n) is 2.13. The maximum Gasteiger partial charge on any atom is 0.226 e. The van der Waals surface area contributed by atoms with Gasteiger partial charge in [-0.1, -0.05) is 19.9 Å². The molecule has 0 spiro atoms. The van der Waals surface area contributed by atoms with Gasteiger partial charge in [-0.05, 0) is 18.1 Å². The van der Waals surface area contributed by atoms with E-state index in [1.54, 1.807) is 17.0 Å². The van der Waals surface area contributed by atoms with Gasteiger partial charge in [-0.25, -0.2) is 4.39 Å². The molecule has 0 saturated carbocycles. The molecule has 0 atom stereocenters. The Labute approximate surface area is 118 Å². The highest BCUT2D eigenvalue weighted by molar-refractivity contribution is 5.77. The summed E-state index contributed by atoms with van der Waals surface area (Å²) in [6.07, 6.45) is 0.227. The molecule has 1 saturated heterocycles. The number of amides is 1. The second-order valence-electron chi connectivity index (χ2n) is 5.56. The lowest BCUT2D eigenvalue weighted by molar-refractivity contribution is -0.164. The van der Waals surface area contributed by atoms with Gasteiger partial charge in [-0.3, -0.25) is 4.79 Å². The van der Waals surface area contributed by atoms with E-state index in [1.807, 2.05) is 13.8 Å². The summed E-state index contributed by atoms with van der Waals surface area (Å²) in [7, 11) is 0. The van der Waals surface area contributed by atoms with Crippen molar-refractivity contribution in [3.63, 3.8) is 0 Å². The molecule has 0 aromatic heterocycles. The maximum atomic E-state index is 12.9. The number of nitrogens with zero attached hydrogens (tertiary/aromatic N) is 1. The molecule has 1 aromatic carbocycles. The number of aliphatic hydroxyl groups is 1. The van der Waals surface area contributed by atoms with Crippen LogP contribution in [0.2, 0.25) is 0 Å². The van der Waals surface area contributed by atoms with Gasteiger partial charge >= 0.3 is 0 Å². The molecule has 1 aromatic rings. The summed E-state index contributed by atoms with van der Waals surface area (Å²) in [5, 5.41) is 10.1. The quantitative estimate of drug-likeness (QED) is 0.895. The first-order chi connectivity index (χ1) is 9.40. The van der Waals surface area contributed by atoms with E-state index in [-0.39, 0.29) is 30.7 Å². The largest absolute Gasteiger partial charge is 0.493 e. The first-order valence-corrected chi connectivity index (χ1v) is 6.79. The minimum Gasteiger partial charge on any atom is -0.493 e. The second kappa shape index (κ2) is 5.79. The van der Waals surface area contributed by atoms with E-state index in [4.69, 9.17) is 4.74 Å². The average Bonchev–Trinajstić information content (AvgIpc) is 2.34. The molecule has 5 heteroatoms. The van der Waals surface area contributed by atoms with Crippen molar-refractivity contribution in [3.05, 3.63) is 30.1 Å². The monoisotopic (exact) mass is 281 g/mol. The van der Waals surface area contributed by atoms with Crippen molar-refractivity contribution >= 4 is 5.91 Å². The van der Waals surface area contributed by atoms with Crippen LogP contribution >= 0.6 is 0 Å². The lowest BCUT2D eigenvalue weighted by Crippen LogP contribution is -2.66. The van der Waals surface area contributed by atoms with E-state index >= 15 is 0 Å². The molecule has 2 rings (SSSR count). The zero-order valence-corrected chi connectivity index (χ0v) is 11.8. The summed E-state index contributed by atoms with van der Waals surface area (Å²) in [4.78, 5) is 13.5. The SMILES string of the molecule is CC(C)C1(O)CN(C(=O)CCOc2cccc(F)c2)C1. The summed E-state index contributed by atoms with van der Waals surface area (Å²) in [6.45, 7) is 4.84. The van der Waals surface area contributed by atoms with Gasteiger partial charge in [-0.2, -0.15) is 0 Å². The predicted octanol–water partition coefficient (Wildman–Crippen LogP) is 1.82. The fraction of sp³-hybridized carbons (Fsp3) is 0.533. The van der Waals surface area contributed by atoms with Gasteiger partial charge in [0.15, 0.2) is 0 Å². The molecule has 1 aliphatic heterocycles. The second-order valence-corrected chi connectivity index (χ2v) is 5.56. The van der Waals surface area contributed by atoms with Crippen molar-refractivity contribution in [2.24, 2.45) is 5.92 Å². The van der Waals surface area contributed by atoms with Crippen molar-refractivity contribution in [3.8, 4) is 5.75 Å². The Morgan fingerprint density at radius 3 is 2.80 bits per heavy atom. The van der Waals surface area contributed by atoms with Crippen LogP contribution in [0.3, 0.4) is 0 Å². The Morgan fingerprint density at radius 2 is 2.20 bits per heavy atom. The Hall–Kier alpha value is -1.62. The zero-order chi connectivity index (χ0) is 14.8. The first kappa shape index (κ1) is 14.8. The van der Waals surface area contributed by atoms with Crippen LogP contribution in [-0.4, -0.2) is 41.2 Å². The molecular weight excluding hydrogens is 261 g/mol. The van der Waals surface area contributed by atoms with Crippen LogP contribution in [0.15, 0.2) is 24.3 Å². The molecule has 20 heavy (non-hydrogen) atoms. The Morgan fingerprint density at radius 1 is 1.50 bits per heavy atom. The fourth-order valence-corrected chi connectivity index (χ4v) is 2.13. The van der Waals surface area contributed by atoms with Gasteiger partial charge in [0.25, 0.3) is 0 Å². The lowest BCUT2D eigenvalue weighted by Gasteiger charge is -2.49. The number of hydrogen-bond acceptors (Lipinski definition) is 3. The number of ether oxygens (including phenoxy) is 1. The van der Waals surface area contributed by atoms with Gasteiger partial charge in [0.05, 0.1) is 26.1 Å². The third-order valence-corrected chi connectivity index (χ3v) is 3.74. The van der Waals surface area contributed by atoms with Gasteiger partial charge in [0.1, 0.15) is 17.2 Å². The minimum absolute atomic E-state index is 0.0493. The van der Waals surface area contributed by atoms with Crippen LogP contribution in [-0.2, 0) is 4.79 Å². The van der Waals surface area contributed by atoms with Gasteiger partial charge in [-0.15, -0.1) is 0 Å². The van der Waals surface area contributed by atoms with Crippen molar-refractivity contribution in [2.75, 3.05) is 19.7 Å². The van der Waals surface area contributed by atoms with Crippen LogP contribution in [0.25, 0.3) is 0 Å². The summed E-state index contributed by atoms with van der Waals surface area (Å²) >= 11 is 0. The van der Waals surface area contributed by atoms with Crippen LogP contribution in [0.1, 0.15) is 20.3 Å². The molecule has 1 aliphatic rings. The molecule has 0 aliphatic carbocycles. The first-order valence-electron chi connectivity index (χ1n) is 6.79. The standard InChI is InChI=1S/C15H20FNO3/c1-11(2)15(19)9-17(10-15)14(18)6-7-20-13-5-3-4-12(16)8-13/h3-5,8,11,19H,6-7,9-10H2,1-2H3. The number of rotatable bonds is 5. The zero-order valence-electron chi connectivity index (χ0n) is 11.8. The van der Waals surface area contributed by atoms with Crippen molar-refractivity contribution in [1.82, 2.24) is 4.90 Å². The summed E-state index contributed by atoms with van der Waals surface area (Å²) in [5.74, 6) is 0.139. The molecule has 4 nitrogen and oxygen atoms in total. The van der Waals surface area contributed by atoms with E-state index in [1.165, 1.54) is 12.1 Å². The highest BCUT2D eigenvalue weighted by Crippen LogP contribution is 2.28. The molecule has 0 radical (unpaired) electrons. The van der Waals surface area contributed by atoms with Crippen molar-refractivity contribution < 1.29 is 19.0 Å². The molecule has 0 unspecified atom stereocenters. The van der Waals surface area contributed by atoms with E-state index in [9.17, 15) is 14.3 Å². The highest BCUT2D eigenvalue weighted by Gasteiger charge is 2.45. The molecule has 110 valence electrons. The Kier molecular flexibility index (Phi) is 4.28. The van der Waals surface area contributed by atoms with Gasteiger partial charge in [0.2, 0.25) is 5.91 Å². The number of carbonyl (C=O) groups excluding carboxylic acids is 1. The lowest BCUT2D eigenvalue weighted by atomic mass is 9.83. The number of hydrogen-bond donors (Lipinski definition) is 1. The van der Waals surface area contributed by atoms with Gasteiger partial charge in [0, 0.05) is 6.07 Å². The number of carbonyl (C=O) groups is 1. The van der Waals surface area contributed by atoms with Crippen molar-refractivity contribution in [2.45, 2.75) is 25.9 Å². The van der Waals surface area contributed by atoms with Crippen LogP contribution < -0.4 is 4.74 Å². The summed E-state index contributed by atoms with van der Waals surface area (Å²) < 4.78 is 18.2. The molecule has 1 N–H and O–H groups in total. The maximum absolute atomic E-state index is 12.9. The molecule has 1 amide bonds. The number of halogens is 1. The smallest absolute Gasteiger partial charge is 0.226 e. The van der Waals surface area contributed by atoms with E-state index in [2.05, 4.69) is 0 Å². The Bertz CT molecular complexity index is 484. The minimum atomic E-state index is -0.751. The van der Waals surface area contributed by atoms with E-state index in [0.29, 0.717) is 18.8 Å². The van der Waals surface area contributed by atoms with E-state index in [0.717, 1.165) is 0 Å². The predicted molar refractivity (Wildman–Crippen MR) is 72.9 cm³/mol. The van der Waals surface area contributed by atoms with Crippen LogP contribution in [0.5, 0.6) is 5.75 Å². The van der Waals surface area contributed by atoms with Gasteiger partial charge < -0.3 is 14.7 Å². The molecule has 0 bridgehead atoms.